The topological polar surface area (TPSA) is 29.3 Å². The Bertz CT molecular complexity index is 191. The molecule has 2 saturated heterocycles. The Kier molecular flexibility index (Phi) is 2.37. The summed E-state index contributed by atoms with van der Waals surface area (Å²) < 4.78 is 0. The number of hydrogen-bond acceptors (Lipinski definition) is 2. The molecule has 2 rings (SSSR count). The standard InChI is InChI=1S/C11H22N2/c1-4-8-9-5-6-10(11(8)12)13(9)7(2)3/h7-11H,4-6,12H2,1-3H3/t8-,9+,10-,11-/m1/s1. The predicted molar refractivity (Wildman–Crippen MR) is 55.5 cm³/mol. The zero-order valence-electron chi connectivity index (χ0n) is 9.03. The fourth-order valence-corrected chi connectivity index (χ4v) is 3.56. The second-order valence-corrected chi connectivity index (χ2v) is 4.90. The smallest absolute Gasteiger partial charge is 0.0256 e. The van der Waals surface area contributed by atoms with Crippen LogP contribution in [0.2, 0.25) is 0 Å². The van der Waals surface area contributed by atoms with E-state index < -0.39 is 0 Å². The molecule has 2 aliphatic heterocycles. The minimum absolute atomic E-state index is 0.450. The minimum Gasteiger partial charge on any atom is -0.326 e. The summed E-state index contributed by atoms with van der Waals surface area (Å²) in [4.78, 5) is 2.67. The molecule has 4 atom stereocenters. The summed E-state index contributed by atoms with van der Waals surface area (Å²) in [6.07, 6.45) is 3.97. The molecule has 13 heavy (non-hydrogen) atoms. The van der Waals surface area contributed by atoms with Crippen molar-refractivity contribution in [3.63, 3.8) is 0 Å². The lowest BCUT2D eigenvalue weighted by molar-refractivity contribution is 0.186. The average molecular weight is 182 g/mol. The minimum atomic E-state index is 0.450. The van der Waals surface area contributed by atoms with E-state index in [4.69, 9.17) is 5.73 Å². The third-order valence-electron chi connectivity index (χ3n) is 4.02. The zero-order valence-corrected chi connectivity index (χ0v) is 9.03. The van der Waals surface area contributed by atoms with E-state index in [1.807, 2.05) is 0 Å². The molecule has 0 amide bonds. The Morgan fingerprint density at radius 1 is 1.31 bits per heavy atom. The van der Waals surface area contributed by atoms with Crippen molar-refractivity contribution in [1.82, 2.24) is 4.90 Å². The lowest BCUT2D eigenvalue weighted by Gasteiger charge is -2.27. The summed E-state index contributed by atoms with van der Waals surface area (Å²) in [7, 11) is 0. The van der Waals surface area contributed by atoms with Gasteiger partial charge in [0.25, 0.3) is 0 Å². The highest BCUT2D eigenvalue weighted by Crippen LogP contribution is 2.43. The molecule has 2 aliphatic rings. The summed E-state index contributed by atoms with van der Waals surface area (Å²) in [5.74, 6) is 0.765. The first-order valence-electron chi connectivity index (χ1n) is 5.69. The van der Waals surface area contributed by atoms with Gasteiger partial charge in [-0.25, -0.2) is 0 Å². The molecule has 0 aromatic rings. The zero-order chi connectivity index (χ0) is 9.59. The monoisotopic (exact) mass is 182 g/mol. The van der Waals surface area contributed by atoms with Crippen molar-refractivity contribution in [3.8, 4) is 0 Å². The largest absolute Gasteiger partial charge is 0.326 e. The van der Waals surface area contributed by atoms with Gasteiger partial charge in [0.05, 0.1) is 0 Å². The highest BCUT2D eigenvalue weighted by Gasteiger charge is 2.51. The van der Waals surface area contributed by atoms with Crippen LogP contribution in [0.25, 0.3) is 0 Å². The molecular formula is C11H22N2. The van der Waals surface area contributed by atoms with Gasteiger partial charge in [0.1, 0.15) is 0 Å². The molecule has 0 unspecified atom stereocenters. The van der Waals surface area contributed by atoms with E-state index in [2.05, 4.69) is 25.7 Å². The first-order chi connectivity index (χ1) is 6.16. The molecule has 0 aromatic heterocycles. The molecule has 0 spiro atoms. The van der Waals surface area contributed by atoms with E-state index >= 15 is 0 Å². The molecule has 0 radical (unpaired) electrons. The third-order valence-corrected chi connectivity index (χ3v) is 4.02. The van der Waals surface area contributed by atoms with E-state index in [9.17, 15) is 0 Å². The molecule has 2 bridgehead atoms. The first kappa shape index (κ1) is 9.47. The van der Waals surface area contributed by atoms with Crippen LogP contribution in [0, 0.1) is 5.92 Å². The van der Waals surface area contributed by atoms with Crippen LogP contribution in [0.3, 0.4) is 0 Å². The lowest BCUT2D eigenvalue weighted by atomic mass is 9.83. The van der Waals surface area contributed by atoms with E-state index in [1.54, 1.807) is 0 Å². The van der Waals surface area contributed by atoms with Crippen LogP contribution in [0.5, 0.6) is 0 Å². The van der Waals surface area contributed by atoms with E-state index in [-0.39, 0.29) is 0 Å². The molecule has 0 aliphatic carbocycles. The summed E-state index contributed by atoms with van der Waals surface area (Å²) in [5, 5.41) is 0. The van der Waals surface area contributed by atoms with Crippen molar-refractivity contribution in [3.05, 3.63) is 0 Å². The highest BCUT2D eigenvalue weighted by atomic mass is 15.3. The average Bonchev–Trinajstić information content (AvgIpc) is 2.59. The van der Waals surface area contributed by atoms with Crippen molar-refractivity contribution in [2.24, 2.45) is 11.7 Å². The molecule has 0 aromatic carbocycles. The van der Waals surface area contributed by atoms with Gasteiger partial charge in [0, 0.05) is 24.2 Å². The number of nitrogens with two attached hydrogens (primary N) is 1. The Morgan fingerprint density at radius 3 is 2.31 bits per heavy atom. The van der Waals surface area contributed by atoms with Gasteiger partial charge in [-0.3, -0.25) is 4.90 Å². The first-order valence-corrected chi connectivity index (χ1v) is 5.69. The number of fused-ring (bicyclic) bond motifs is 2. The Morgan fingerprint density at radius 2 is 1.92 bits per heavy atom. The lowest BCUT2D eigenvalue weighted by Crippen LogP contribution is -2.41. The number of rotatable bonds is 2. The Balaban J connectivity index is 2.17. The molecule has 2 N–H and O–H groups in total. The van der Waals surface area contributed by atoms with Crippen molar-refractivity contribution in [2.45, 2.75) is 64.2 Å². The van der Waals surface area contributed by atoms with Gasteiger partial charge in [-0.05, 0) is 32.6 Å². The van der Waals surface area contributed by atoms with Gasteiger partial charge >= 0.3 is 0 Å². The van der Waals surface area contributed by atoms with Gasteiger partial charge < -0.3 is 5.73 Å². The molecule has 2 fully saturated rings. The number of hydrogen-bond donors (Lipinski definition) is 1. The van der Waals surface area contributed by atoms with Crippen LogP contribution >= 0.6 is 0 Å². The Hall–Kier alpha value is -0.0800. The normalized spacial score (nSPS) is 45.0. The van der Waals surface area contributed by atoms with Gasteiger partial charge in [0.2, 0.25) is 0 Å². The van der Waals surface area contributed by atoms with Gasteiger partial charge in [-0.1, -0.05) is 13.3 Å². The summed E-state index contributed by atoms with van der Waals surface area (Å²) >= 11 is 0. The maximum atomic E-state index is 6.26. The highest BCUT2D eigenvalue weighted by molar-refractivity contribution is 5.08. The van der Waals surface area contributed by atoms with Crippen LogP contribution < -0.4 is 5.73 Å². The fourth-order valence-electron chi connectivity index (χ4n) is 3.56. The summed E-state index contributed by atoms with van der Waals surface area (Å²) in [6, 6.07) is 2.62. The van der Waals surface area contributed by atoms with Gasteiger partial charge in [-0.2, -0.15) is 0 Å². The van der Waals surface area contributed by atoms with E-state index in [0.29, 0.717) is 18.1 Å². The SMILES string of the molecule is CC[C@H]1[C@@H](N)[C@H]2CC[C@@H]1N2C(C)C. The van der Waals surface area contributed by atoms with Crippen molar-refractivity contribution in [1.29, 1.82) is 0 Å². The van der Waals surface area contributed by atoms with Crippen molar-refractivity contribution in [2.75, 3.05) is 0 Å². The maximum Gasteiger partial charge on any atom is 0.0256 e. The van der Waals surface area contributed by atoms with Crippen LogP contribution in [0.15, 0.2) is 0 Å². The van der Waals surface area contributed by atoms with Crippen LogP contribution in [-0.4, -0.2) is 29.1 Å². The number of nitrogens with zero attached hydrogens (tertiary/aromatic N) is 1. The molecule has 2 heteroatoms. The van der Waals surface area contributed by atoms with Crippen LogP contribution in [0.4, 0.5) is 0 Å². The summed E-state index contributed by atoms with van der Waals surface area (Å²) in [6.45, 7) is 6.88. The summed E-state index contributed by atoms with van der Waals surface area (Å²) in [5.41, 5.74) is 6.26. The second kappa shape index (κ2) is 3.25. The van der Waals surface area contributed by atoms with E-state index in [0.717, 1.165) is 12.0 Å². The molecular weight excluding hydrogens is 160 g/mol. The van der Waals surface area contributed by atoms with Gasteiger partial charge in [0.15, 0.2) is 0 Å². The quantitative estimate of drug-likeness (QED) is 0.703. The van der Waals surface area contributed by atoms with Crippen LogP contribution in [0.1, 0.15) is 40.0 Å². The molecule has 0 saturated carbocycles. The van der Waals surface area contributed by atoms with Crippen molar-refractivity contribution < 1.29 is 0 Å². The second-order valence-electron chi connectivity index (χ2n) is 4.90. The van der Waals surface area contributed by atoms with Gasteiger partial charge in [-0.15, -0.1) is 0 Å². The third kappa shape index (κ3) is 1.23. The predicted octanol–water partition coefficient (Wildman–Crippen LogP) is 1.59. The molecule has 76 valence electrons. The van der Waals surface area contributed by atoms with Crippen molar-refractivity contribution >= 4 is 0 Å². The van der Waals surface area contributed by atoms with Crippen LogP contribution in [-0.2, 0) is 0 Å². The molecule has 2 nitrogen and oxygen atoms in total. The fraction of sp³-hybridized carbons (Fsp3) is 1.00. The maximum absolute atomic E-state index is 6.26. The molecule has 2 heterocycles. The Labute approximate surface area is 81.5 Å². The van der Waals surface area contributed by atoms with E-state index in [1.165, 1.54) is 19.3 Å².